The second-order valence-corrected chi connectivity index (χ2v) is 7.77. The lowest BCUT2D eigenvalue weighted by atomic mass is 10.3. The average molecular weight is 311 g/mol. The molecular formula is C13H17N3O2S2. The van der Waals surface area contributed by atoms with Gasteiger partial charge in [0.25, 0.3) is 10.0 Å². The van der Waals surface area contributed by atoms with E-state index in [1.165, 1.54) is 15.6 Å². The van der Waals surface area contributed by atoms with Crippen molar-refractivity contribution in [1.29, 1.82) is 0 Å². The van der Waals surface area contributed by atoms with Crippen LogP contribution in [0.15, 0.2) is 40.7 Å². The quantitative estimate of drug-likeness (QED) is 0.882. The van der Waals surface area contributed by atoms with E-state index in [0.717, 1.165) is 10.6 Å². The number of nitrogens with one attached hydrogen (secondary N) is 1. The average Bonchev–Trinajstić information content (AvgIpc) is 2.89. The summed E-state index contributed by atoms with van der Waals surface area (Å²) in [6, 6.07) is 8.96. The summed E-state index contributed by atoms with van der Waals surface area (Å²) in [5.74, 6) is 0. The Kier molecular flexibility index (Phi) is 4.87. The third-order valence-corrected chi connectivity index (χ3v) is 6.12. The predicted molar refractivity (Wildman–Crippen MR) is 80.0 cm³/mol. The first-order chi connectivity index (χ1) is 9.54. The van der Waals surface area contributed by atoms with E-state index in [1.807, 2.05) is 25.2 Å². The van der Waals surface area contributed by atoms with Gasteiger partial charge < -0.3 is 5.32 Å². The summed E-state index contributed by atoms with van der Waals surface area (Å²) < 4.78 is 26.6. The first kappa shape index (κ1) is 15.1. The van der Waals surface area contributed by atoms with Crippen LogP contribution in [0.2, 0.25) is 0 Å². The van der Waals surface area contributed by atoms with Crippen molar-refractivity contribution in [2.24, 2.45) is 0 Å². The highest BCUT2D eigenvalue weighted by molar-refractivity contribution is 7.91. The summed E-state index contributed by atoms with van der Waals surface area (Å²) in [6.07, 6.45) is 1.66. The molecule has 7 heteroatoms. The van der Waals surface area contributed by atoms with Gasteiger partial charge in [-0.3, -0.25) is 4.98 Å². The second kappa shape index (κ2) is 6.45. The molecule has 0 aliphatic heterocycles. The molecular weight excluding hydrogens is 294 g/mol. The number of aromatic nitrogens is 1. The molecule has 0 spiro atoms. The molecule has 5 nitrogen and oxygen atoms in total. The molecule has 0 saturated carbocycles. The van der Waals surface area contributed by atoms with E-state index in [4.69, 9.17) is 0 Å². The summed E-state index contributed by atoms with van der Waals surface area (Å²) in [5, 5.41) is 3.01. The Labute approximate surface area is 123 Å². The molecule has 1 N–H and O–H groups in total. The number of hydrogen-bond donors (Lipinski definition) is 1. The van der Waals surface area contributed by atoms with Crippen LogP contribution in [-0.4, -0.2) is 31.8 Å². The number of thiophene rings is 1. The van der Waals surface area contributed by atoms with Crippen LogP contribution in [0.25, 0.3) is 0 Å². The summed E-state index contributed by atoms with van der Waals surface area (Å²) >= 11 is 1.29. The predicted octanol–water partition coefficient (Wildman–Crippen LogP) is 1.68. The van der Waals surface area contributed by atoms with Gasteiger partial charge in [0.1, 0.15) is 4.21 Å². The fourth-order valence-corrected chi connectivity index (χ4v) is 4.45. The SMILES string of the molecule is CNCc1ccc(S(=O)(=O)N(C)Cc2ccccn2)s1. The maximum Gasteiger partial charge on any atom is 0.252 e. The Morgan fingerprint density at radius 1 is 1.30 bits per heavy atom. The molecule has 2 aromatic heterocycles. The molecule has 0 bridgehead atoms. The zero-order valence-electron chi connectivity index (χ0n) is 11.4. The van der Waals surface area contributed by atoms with Crippen LogP contribution >= 0.6 is 11.3 Å². The number of nitrogens with zero attached hydrogens (tertiary/aromatic N) is 2. The molecule has 108 valence electrons. The van der Waals surface area contributed by atoms with Gasteiger partial charge in [0.15, 0.2) is 0 Å². The Morgan fingerprint density at radius 3 is 2.75 bits per heavy atom. The molecule has 0 amide bonds. The van der Waals surface area contributed by atoms with E-state index in [2.05, 4.69) is 10.3 Å². The van der Waals surface area contributed by atoms with E-state index in [-0.39, 0.29) is 6.54 Å². The van der Waals surface area contributed by atoms with Gasteiger partial charge in [0.2, 0.25) is 0 Å². The molecule has 0 saturated heterocycles. The van der Waals surface area contributed by atoms with Gasteiger partial charge >= 0.3 is 0 Å². The second-order valence-electron chi connectivity index (χ2n) is 4.33. The molecule has 0 fully saturated rings. The number of sulfonamides is 1. The van der Waals surface area contributed by atoms with Crippen molar-refractivity contribution < 1.29 is 8.42 Å². The van der Waals surface area contributed by atoms with Crippen LogP contribution in [0.1, 0.15) is 10.6 Å². The van der Waals surface area contributed by atoms with Crippen LogP contribution in [-0.2, 0) is 23.1 Å². The lowest BCUT2D eigenvalue weighted by molar-refractivity contribution is 0.464. The van der Waals surface area contributed by atoms with Crippen molar-refractivity contribution in [1.82, 2.24) is 14.6 Å². The zero-order valence-corrected chi connectivity index (χ0v) is 13.0. The number of hydrogen-bond acceptors (Lipinski definition) is 5. The Hall–Kier alpha value is -1.28. The minimum Gasteiger partial charge on any atom is -0.315 e. The largest absolute Gasteiger partial charge is 0.315 e. The van der Waals surface area contributed by atoms with Gasteiger partial charge in [-0.25, -0.2) is 8.42 Å². The van der Waals surface area contributed by atoms with Gasteiger partial charge in [0.05, 0.1) is 12.2 Å². The number of rotatable bonds is 6. The van der Waals surface area contributed by atoms with Crippen LogP contribution in [0.4, 0.5) is 0 Å². The van der Waals surface area contributed by atoms with Crippen LogP contribution in [0.3, 0.4) is 0 Å². The molecule has 0 aliphatic rings. The molecule has 20 heavy (non-hydrogen) atoms. The summed E-state index contributed by atoms with van der Waals surface area (Å²) in [5.41, 5.74) is 0.727. The highest BCUT2D eigenvalue weighted by Gasteiger charge is 2.23. The Morgan fingerprint density at radius 2 is 2.10 bits per heavy atom. The van der Waals surface area contributed by atoms with Gasteiger partial charge in [-0.05, 0) is 31.3 Å². The normalized spacial score (nSPS) is 11.9. The first-order valence-corrected chi connectivity index (χ1v) is 8.39. The standard InChI is InChI=1S/C13H17N3O2S2/c1-14-9-12-6-7-13(19-12)20(17,18)16(2)10-11-5-3-4-8-15-11/h3-8,14H,9-10H2,1-2H3. The van der Waals surface area contributed by atoms with Crippen molar-refractivity contribution in [3.05, 3.63) is 47.1 Å². The van der Waals surface area contributed by atoms with Crippen molar-refractivity contribution in [3.8, 4) is 0 Å². The van der Waals surface area contributed by atoms with Gasteiger partial charge in [0, 0.05) is 24.7 Å². The van der Waals surface area contributed by atoms with Crippen LogP contribution < -0.4 is 5.32 Å². The van der Waals surface area contributed by atoms with Crippen molar-refractivity contribution in [3.63, 3.8) is 0 Å². The lowest BCUT2D eigenvalue weighted by Gasteiger charge is -2.15. The fourth-order valence-electron chi connectivity index (χ4n) is 1.72. The van der Waals surface area contributed by atoms with Gasteiger partial charge in [-0.1, -0.05) is 6.07 Å². The molecule has 0 radical (unpaired) electrons. The van der Waals surface area contributed by atoms with Crippen LogP contribution in [0.5, 0.6) is 0 Å². The van der Waals surface area contributed by atoms with Gasteiger partial charge in [-0.2, -0.15) is 4.31 Å². The highest BCUT2D eigenvalue weighted by Crippen LogP contribution is 2.24. The van der Waals surface area contributed by atoms with E-state index in [0.29, 0.717) is 10.8 Å². The fraction of sp³-hybridized carbons (Fsp3) is 0.308. The molecule has 2 heterocycles. The Bertz CT molecular complexity index is 653. The minimum atomic E-state index is -3.45. The third kappa shape index (κ3) is 3.43. The van der Waals surface area contributed by atoms with Gasteiger partial charge in [-0.15, -0.1) is 11.3 Å². The van der Waals surface area contributed by atoms with E-state index >= 15 is 0 Å². The van der Waals surface area contributed by atoms with Crippen molar-refractivity contribution in [2.75, 3.05) is 14.1 Å². The monoisotopic (exact) mass is 311 g/mol. The lowest BCUT2D eigenvalue weighted by Crippen LogP contribution is -2.26. The molecule has 0 aliphatic carbocycles. The maximum absolute atomic E-state index is 12.4. The summed E-state index contributed by atoms with van der Waals surface area (Å²) in [6.45, 7) is 0.937. The zero-order chi connectivity index (χ0) is 14.6. The highest BCUT2D eigenvalue weighted by atomic mass is 32.2. The molecule has 0 atom stereocenters. The summed E-state index contributed by atoms with van der Waals surface area (Å²) in [4.78, 5) is 5.15. The molecule has 0 aromatic carbocycles. The van der Waals surface area contributed by atoms with E-state index in [9.17, 15) is 8.42 Å². The minimum absolute atomic E-state index is 0.266. The Balaban J connectivity index is 2.16. The van der Waals surface area contributed by atoms with Crippen LogP contribution in [0, 0.1) is 0 Å². The van der Waals surface area contributed by atoms with Crippen molar-refractivity contribution in [2.45, 2.75) is 17.3 Å². The summed E-state index contributed by atoms with van der Waals surface area (Å²) in [7, 11) is -0.0453. The smallest absolute Gasteiger partial charge is 0.252 e. The molecule has 2 rings (SSSR count). The van der Waals surface area contributed by atoms with E-state index < -0.39 is 10.0 Å². The van der Waals surface area contributed by atoms with Crippen molar-refractivity contribution >= 4 is 21.4 Å². The van der Waals surface area contributed by atoms with E-state index in [1.54, 1.807) is 25.4 Å². The topological polar surface area (TPSA) is 62.3 Å². The molecule has 0 unspecified atom stereocenters. The number of pyridine rings is 1. The first-order valence-electron chi connectivity index (χ1n) is 6.13. The maximum atomic E-state index is 12.4. The third-order valence-electron chi connectivity index (χ3n) is 2.76. The molecule has 2 aromatic rings.